The summed E-state index contributed by atoms with van der Waals surface area (Å²) >= 11 is 0. The second kappa shape index (κ2) is 7.57. The molecular weight excluding hydrogens is 387 g/mol. The number of hydrogen-bond donors (Lipinski definition) is 1. The molecule has 5 rings (SSSR count). The second-order valence-electron chi connectivity index (χ2n) is 7.86. The molecule has 2 aliphatic heterocycles. The van der Waals surface area contributed by atoms with Gasteiger partial charge in [-0.05, 0) is 42.3 Å². The Morgan fingerprint density at radius 3 is 2.90 bits per heavy atom. The Morgan fingerprint density at radius 2 is 2.07 bits per heavy atom. The summed E-state index contributed by atoms with van der Waals surface area (Å²) < 4.78 is 25.1. The van der Waals surface area contributed by atoms with Crippen molar-refractivity contribution in [2.75, 3.05) is 19.7 Å². The van der Waals surface area contributed by atoms with Crippen LogP contribution in [0.25, 0.3) is 10.9 Å². The number of rotatable bonds is 5. The molecule has 0 amide bonds. The van der Waals surface area contributed by atoms with Crippen molar-refractivity contribution in [1.82, 2.24) is 9.88 Å². The molecule has 0 bridgehead atoms. The van der Waals surface area contributed by atoms with E-state index >= 15 is 0 Å². The maximum Gasteiger partial charge on any atom is 0.309 e. The smallest absolute Gasteiger partial charge is 0.309 e. The first kappa shape index (κ1) is 18.8. The summed E-state index contributed by atoms with van der Waals surface area (Å²) in [6.45, 7) is 2.03. The standard InChI is InChI=1S/C23H21FN2O4/c24-17-3-6-21-14(7-17)1-4-18(25-21)12-29-20-5-2-15-8-19(13-30-22(15)9-20)26-10-16(11-26)23(27)28/h1-7,9,16,19H,8,10-13H2,(H,27,28). The molecule has 0 radical (unpaired) electrons. The highest BCUT2D eigenvalue weighted by Crippen LogP contribution is 2.32. The van der Waals surface area contributed by atoms with Gasteiger partial charge in [-0.1, -0.05) is 12.1 Å². The van der Waals surface area contributed by atoms with Gasteiger partial charge in [0, 0.05) is 30.6 Å². The second-order valence-corrected chi connectivity index (χ2v) is 7.86. The lowest BCUT2D eigenvalue weighted by Gasteiger charge is -2.43. The number of pyridine rings is 1. The fourth-order valence-corrected chi connectivity index (χ4v) is 4.00. The summed E-state index contributed by atoms with van der Waals surface area (Å²) in [6, 6.07) is 14.2. The van der Waals surface area contributed by atoms with Crippen LogP contribution in [0, 0.1) is 11.7 Å². The highest BCUT2D eigenvalue weighted by molar-refractivity contribution is 5.78. The third kappa shape index (κ3) is 3.68. The normalized spacial score (nSPS) is 19.0. The van der Waals surface area contributed by atoms with E-state index in [1.165, 1.54) is 12.1 Å². The molecule has 30 heavy (non-hydrogen) atoms. The molecule has 6 nitrogen and oxygen atoms in total. The number of carbonyl (C=O) groups is 1. The molecule has 1 atom stereocenters. The van der Waals surface area contributed by atoms with Crippen LogP contribution in [0.15, 0.2) is 48.5 Å². The van der Waals surface area contributed by atoms with E-state index < -0.39 is 5.97 Å². The van der Waals surface area contributed by atoms with Gasteiger partial charge in [0.2, 0.25) is 0 Å². The number of hydrogen-bond acceptors (Lipinski definition) is 5. The molecule has 0 saturated carbocycles. The van der Waals surface area contributed by atoms with E-state index in [1.807, 2.05) is 30.3 Å². The van der Waals surface area contributed by atoms with Crippen molar-refractivity contribution in [1.29, 1.82) is 0 Å². The van der Waals surface area contributed by atoms with Crippen LogP contribution < -0.4 is 9.47 Å². The minimum Gasteiger partial charge on any atom is -0.492 e. The molecule has 3 heterocycles. The minimum absolute atomic E-state index is 0.214. The molecule has 1 saturated heterocycles. The Bertz CT molecular complexity index is 1110. The van der Waals surface area contributed by atoms with Crippen LogP contribution in [0.3, 0.4) is 0 Å². The van der Waals surface area contributed by atoms with E-state index in [1.54, 1.807) is 6.07 Å². The SMILES string of the molecule is O=C(O)C1CN(C2COc3cc(OCc4ccc5cc(F)ccc5n4)ccc3C2)C1. The number of nitrogens with zero attached hydrogens (tertiary/aromatic N) is 2. The van der Waals surface area contributed by atoms with E-state index in [-0.39, 0.29) is 17.8 Å². The van der Waals surface area contributed by atoms with E-state index in [9.17, 15) is 9.18 Å². The van der Waals surface area contributed by atoms with Crippen molar-refractivity contribution in [3.63, 3.8) is 0 Å². The van der Waals surface area contributed by atoms with Gasteiger partial charge in [-0.15, -0.1) is 0 Å². The number of ether oxygens (including phenoxy) is 2. The number of aromatic nitrogens is 1. The summed E-state index contributed by atoms with van der Waals surface area (Å²) in [4.78, 5) is 17.7. The number of halogens is 1. The van der Waals surface area contributed by atoms with Crippen molar-refractivity contribution in [3.05, 3.63) is 65.6 Å². The maximum absolute atomic E-state index is 13.3. The van der Waals surface area contributed by atoms with E-state index in [0.29, 0.717) is 32.1 Å². The highest BCUT2D eigenvalue weighted by Gasteiger charge is 2.38. The molecule has 154 valence electrons. The molecule has 1 N–H and O–H groups in total. The molecule has 0 aliphatic carbocycles. The molecule has 1 unspecified atom stereocenters. The van der Waals surface area contributed by atoms with Gasteiger partial charge < -0.3 is 14.6 Å². The van der Waals surface area contributed by atoms with Gasteiger partial charge in [0.1, 0.15) is 30.5 Å². The first-order valence-corrected chi connectivity index (χ1v) is 9.96. The number of aliphatic carboxylic acids is 1. The number of benzene rings is 2. The van der Waals surface area contributed by atoms with Crippen molar-refractivity contribution < 1.29 is 23.8 Å². The molecule has 2 aromatic carbocycles. The summed E-state index contributed by atoms with van der Waals surface area (Å²) in [7, 11) is 0. The first-order valence-electron chi connectivity index (χ1n) is 9.96. The van der Waals surface area contributed by atoms with Crippen molar-refractivity contribution >= 4 is 16.9 Å². The van der Waals surface area contributed by atoms with Gasteiger partial charge >= 0.3 is 5.97 Å². The fourth-order valence-electron chi connectivity index (χ4n) is 4.00. The van der Waals surface area contributed by atoms with Crippen LogP contribution in [0.1, 0.15) is 11.3 Å². The molecular formula is C23H21FN2O4. The van der Waals surface area contributed by atoms with Gasteiger partial charge in [-0.2, -0.15) is 0 Å². The lowest BCUT2D eigenvalue weighted by atomic mass is 9.93. The summed E-state index contributed by atoms with van der Waals surface area (Å²) in [6.07, 6.45) is 0.838. The van der Waals surface area contributed by atoms with Crippen LogP contribution in [0.4, 0.5) is 4.39 Å². The molecule has 0 spiro atoms. The highest BCUT2D eigenvalue weighted by atomic mass is 19.1. The maximum atomic E-state index is 13.3. The zero-order valence-electron chi connectivity index (χ0n) is 16.3. The fraction of sp³-hybridized carbons (Fsp3) is 0.304. The average molecular weight is 408 g/mol. The van der Waals surface area contributed by atoms with Crippen molar-refractivity contribution in [3.8, 4) is 11.5 Å². The summed E-state index contributed by atoms with van der Waals surface area (Å²) in [5.74, 6) is 0.243. The van der Waals surface area contributed by atoms with E-state index in [0.717, 1.165) is 34.3 Å². The monoisotopic (exact) mass is 408 g/mol. The lowest BCUT2D eigenvalue weighted by molar-refractivity contribution is -0.149. The molecule has 2 aliphatic rings. The van der Waals surface area contributed by atoms with E-state index in [2.05, 4.69) is 9.88 Å². The van der Waals surface area contributed by atoms with Gasteiger partial charge in [0.15, 0.2) is 0 Å². The van der Waals surface area contributed by atoms with Crippen LogP contribution in [0.5, 0.6) is 11.5 Å². The predicted molar refractivity (Wildman–Crippen MR) is 108 cm³/mol. The average Bonchev–Trinajstić information content (AvgIpc) is 2.70. The Labute approximate surface area is 172 Å². The Balaban J connectivity index is 1.21. The Kier molecular flexibility index (Phi) is 4.75. The quantitative estimate of drug-likeness (QED) is 0.699. The van der Waals surface area contributed by atoms with Crippen molar-refractivity contribution in [2.24, 2.45) is 5.92 Å². The van der Waals surface area contributed by atoms with Gasteiger partial charge in [-0.25, -0.2) is 9.37 Å². The van der Waals surface area contributed by atoms with E-state index in [4.69, 9.17) is 14.6 Å². The largest absolute Gasteiger partial charge is 0.492 e. The molecule has 1 fully saturated rings. The van der Waals surface area contributed by atoms with Crippen LogP contribution in [-0.2, 0) is 17.8 Å². The topological polar surface area (TPSA) is 71.9 Å². The third-order valence-electron chi connectivity index (χ3n) is 5.80. The van der Waals surface area contributed by atoms with Crippen LogP contribution in [0.2, 0.25) is 0 Å². The minimum atomic E-state index is -0.724. The Morgan fingerprint density at radius 1 is 1.20 bits per heavy atom. The van der Waals surface area contributed by atoms with Crippen molar-refractivity contribution in [2.45, 2.75) is 19.1 Å². The molecule has 3 aromatic rings. The third-order valence-corrected chi connectivity index (χ3v) is 5.80. The number of likely N-dealkylation sites (tertiary alicyclic amines) is 1. The van der Waals surface area contributed by atoms with Gasteiger partial charge in [0.05, 0.1) is 17.1 Å². The molecule has 7 heteroatoms. The number of carboxylic acids is 1. The summed E-state index contributed by atoms with van der Waals surface area (Å²) in [5, 5.41) is 9.80. The van der Waals surface area contributed by atoms with Crippen LogP contribution >= 0.6 is 0 Å². The number of fused-ring (bicyclic) bond motifs is 2. The number of carboxylic acid groups (broad SMARTS) is 1. The first-order chi connectivity index (χ1) is 14.5. The van der Waals surface area contributed by atoms with Gasteiger partial charge in [0.25, 0.3) is 0 Å². The molecule has 1 aromatic heterocycles. The Hall–Kier alpha value is -3.19. The lowest BCUT2D eigenvalue weighted by Crippen LogP contribution is -2.57. The summed E-state index contributed by atoms with van der Waals surface area (Å²) in [5.41, 5.74) is 2.59. The zero-order chi connectivity index (χ0) is 20.7. The van der Waals surface area contributed by atoms with Gasteiger partial charge in [-0.3, -0.25) is 9.69 Å². The van der Waals surface area contributed by atoms with Crippen LogP contribution in [-0.4, -0.2) is 46.7 Å². The predicted octanol–water partition coefficient (Wildman–Crippen LogP) is 3.27. The zero-order valence-corrected chi connectivity index (χ0v) is 16.3.